The number of hydrogen-bond donors (Lipinski definition) is 2. The number of rotatable bonds is 6. The van der Waals surface area contributed by atoms with E-state index in [2.05, 4.69) is 19.9 Å². The maximum Gasteiger partial charge on any atom is 0.339 e. The van der Waals surface area contributed by atoms with Gasteiger partial charge in [-0.3, -0.25) is 4.79 Å². The number of aromatic nitrogens is 1. The number of benzene rings is 1. The van der Waals surface area contributed by atoms with E-state index in [4.69, 9.17) is 4.52 Å². The number of sulfonamides is 1. The summed E-state index contributed by atoms with van der Waals surface area (Å²) in [6.07, 6.45) is 0. The summed E-state index contributed by atoms with van der Waals surface area (Å²) in [6.45, 7) is 2.42. The molecular formula is C15H17N3O6S. The Labute approximate surface area is 144 Å². The lowest BCUT2D eigenvalue weighted by atomic mass is 10.2. The van der Waals surface area contributed by atoms with Gasteiger partial charge in [0.2, 0.25) is 15.9 Å². The maximum atomic E-state index is 12.2. The second-order valence-corrected chi connectivity index (χ2v) is 6.77. The van der Waals surface area contributed by atoms with Crippen molar-refractivity contribution in [3.05, 3.63) is 41.3 Å². The van der Waals surface area contributed by atoms with E-state index >= 15 is 0 Å². The lowest BCUT2D eigenvalue weighted by Crippen LogP contribution is -2.33. The molecule has 1 aromatic heterocycles. The summed E-state index contributed by atoms with van der Waals surface area (Å²) in [5.74, 6) is -1.14. The molecular weight excluding hydrogens is 350 g/mol. The first-order valence-electron chi connectivity index (χ1n) is 7.16. The number of nitrogens with one attached hydrogen (secondary N) is 2. The van der Waals surface area contributed by atoms with Gasteiger partial charge in [-0.05, 0) is 26.0 Å². The van der Waals surface area contributed by atoms with Crippen LogP contribution in [0.5, 0.6) is 0 Å². The summed E-state index contributed by atoms with van der Waals surface area (Å²) in [5, 5.41) is 6.04. The number of hydrogen-bond acceptors (Lipinski definition) is 7. The Morgan fingerprint density at radius 1 is 1.24 bits per heavy atom. The molecule has 0 saturated carbocycles. The van der Waals surface area contributed by atoms with Crippen LogP contribution < -0.4 is 10.0 Å². The minimum Gasteiger partial charge on any atom is -0.465 e. The van der Waals surface area contributed by atoms with Crippen molar-refractivity contribution in [1.82, 2.24) is 9.88 Å². The van der Waals surface area contributed by atoms with Gasteiger partial charge in [-0.15, -0.1) is 0 Å². The Morgan fingerprint density at radius 3 is 2.52 bits per heavy atom. The molecule has 9 nitrogen and oxygen atoms in total. The third-order valence-corrected chi connectivity index (χ3v) is 4.91. The molecule has 1 amide bonds. The summed E-state index contributed by atoms with van der Waals surface area (Å²) in [4.78, 5) is 23.6. The van der Waals surface area contributed by atoms with Gasteiger partial charge in [0.25, 0.3) is 0 Å². The van der Waals surface area contributed by atoms with Crippen LogP contribution >= 0.6 is 0 Å². The Morgan fingerprint density at radius 2 is 1.92 bits per heavy atom. The zero-order valence-corrected chi connectivity index (χ0v) is 14.6. The molecule has 0 fully saturated rings. The molecule has 0 saturated heterocycles. The van der Waals surface area contributed by atoms with Crippen LogP contribution in [0.15, 0.2) is 33.7 Å². The molecule has 134 valence electrons. The monoisotopic (exact) mass is 367 g/mol. The van der Waals surface area contributed by atoms with E-state index in [1.165, 1.54) is 33.1 Å². The fraction of sp³-hybridized carbons (Fsp3) is 0.267. The molecule has 10 heteroatoms. The van der Waals surface area contributed by atoms with Crippen molar-refractivity contribution in [1.29, 1.82) is 0 Å². The second-order valence-electron chi connectivity index (χ2n) is 5.06. The van der Waals surface area contributed by atoms with Gasteiger partial charge < -0.3 is 14.6 Å². The molecule has 2 rings (SSSR count). The van der Waals surface area contributed by atoms with Gasteiger partial charge in [0.1, 0.15) is 10.6 Å². The fourth-order valence-corrected chi connectivity index (χ4v) is 3.47. The predicted molar refractivity (Wildman–Crippen MR) is 87.6 cm³/mol. The van der Waals surface area contributed by atoms with Crippen LogP contribution in [-0.4, -0.2) is 39.1 Å². The zero-order valence-electron chi connectivity index (χ0n) is 13.8. The van der Waals surface area contributed by atoms with Gasteiger partial charge in [0.05, 0.1) is 24.9 Å². The highest BCUT2D eigenvalue weighted by Crippen LogP contribution is 2.19. The van der Waals surface area contributed by atoms with E-state index in [0.29, 0.717) is 0 Å². The maximum absolute atomic E-state index is 12.2. The van der Waals surface area contributed by atoms with Crippen LogP contribution in [-0.2, 0) is 19.6 Å². The van der Waals surface area contributed by atoms with Gasteiger partial charge in [0.15, 0.2) is 5.76 Å². The van der Waals surface area contributed by atoms with E-state index in [1.807, 2.05) is 0 Å². The number of ether oxygens (including phenoxy) is 1. The summed E-state index contributed by atoms with van der Waals surface area (Å²) in [7, 11) is -2.73. The molecule has 0 unspecified atom stereocenters. The third kappa shape index (κ3) is 4.22. The highest BCUT2D eigenvalue weighted by molar-refractivity contribution is 7.89. The predicted octanol–water partition coefficient (Wildman–Crippen LogP) is 0.995. The van der Waals surface area contributed by atoms with Crippen molar-refractivity contribution < 1.29 is 27.3 Å². The van der Waals surface area contributed by atoms with Gasteiger partial charge >= 0.3 is 5.97 Å². The van der Waals surface area contributed by atoms with Crippen LogP contribution in [0.2, 0.25) is 0 Å². The number of carbonyl (C=O) groups is 2. The lowest BCUT2D eigenvalue weighted by molar-refractivity contribution is -0.115. The second kappa shape index (κ2) is 7.45. The number of aryl methyl sites for hydroxylation is 2. The van der Waals surface area contributed by atoms with E-state index < -0.39 is 28.4 Å². The van der Waals surface area contributed by atoms with Gasteiger partial charge in [-0.1, -0.05) is 17.3 Å². The first-order valence-corrected chi connectivity index (χ1v) is 8.64. The largest absolute Gasteiger partial charge is 0.465 e. The molecule has 0 aliphatic rings. The SMILES string of the molecule is COC(=O)c1ccccc1NC(=O)CNS(=O)(=O)c1c(C)noc1C. The molecule has 1 aromatic carbocycles. The normalized spacial score (nSPS) is 11.2. The van der Waals surface area contributed by atoms with Gasteiger partial charge in [0, 0.05) is 0 Å². The average molecular weight is 367 g/mol. The lowest BCUT2D eigenvalue weighted by Gasteiger charge is -2.10. The van der Waals surface area contributed by atoms with Crippen LogP contribution in [0.25, 0.3) is 0 Å². The smallest absolute Gasteiger partial charge is 0.339 e. The van der Waals surface area contributed by atoms with E-state index in [0.717, 1.165) is 0 Å². The van der Waals surface area contributed by atoms with Crippen molar-refractivity contribution in [2.24, 2.45) is 0 Å². The van der Waals surface area contributed by atoms with E-state index in [-0.39, 0.29) is 27.6 Å². The summed E-state index contributed by atoms with van der Waals surface area (Å²) in [6, 6.07) is 6.22. The number of anilines is 1. The Balaban J connectivity index is 2.08. The minimum atomic E-state index is -3.96. The van der Waals surface area contributed by atoms with Gasteiger partial charge in [-0.2, -0.15) is 0 Å². The first-order chi connectivity index (χ1) is 11.8. The average Bonchev–Trinajstić information content (AvgIpc) is 2.92. The summed E-state index contributed by atoms with van der Waals surface area (Å²) in [5.41, 5.74) is 0.573. The molecule has 0 radical (unpaired) electrons. The number of carbonyl (C=O) groups excluding carboxylic acids is 2. The summed E-state index contributed by atoms with van der Waals surface area (Å²) < 4.78 is 36.1. The molecule has 0 aliphatic heterocycles. The van der Waals surface area contributed by atoms with Crippen LogP contribution in [0.4, 0.5) is 5.69 Å². The molecule has 25 heavy (non-hydrogen) atoms. The summed E-state index contributed by atoms with van der Waals surface area (Å²) >= 11 is 0. The van der Waals surface area contributed by atoms with Crippen molar-refractivity contribution in [3.63, 3.8) is 0 Å². The molecule has 0 bridgehead atoms. The molecule has 2 aromatic rings. The number of amides is 1. The van der Waals surface area contributed by atoms with Crippen molar-refractivity contribution in [2.75, 3.05) is 19.0 Å². The molecule has 0 aliphatic carbocycles. The van der Waals surface area contributed by atoms with E-state index in [9.17, 15) is 18.0 Å². The number of nitrogens with zero attached hydrogens (tertiary/aromatic N) is 1. The number of methoxy groups -OCH3 is 1. The highest BCUT2D eigenvalue weighted by atomic mass is 32.2. The van der Waals surface area contributed by atoms with Crippen LogP contribution in [0.1, 0.15) is 21.8 Å². The fourth-order valence-electron chi connectivity index (χ4n) is 2.17. The topological polar surface area (TPSA) is 128 Å². The van der Waals surface area contributed by atoms with Crippen LogP contribution in [0.3, 0.4) is 0 Å². The number of para-hydroxylation sites is 1. The highest BCUT2D eigenvalue weighted by Gasteiger charge is 2.24. The molecule has 0 spiro atoms. The Hall–Kier alpha value is -2.72. The number of esters is 1. The van der Waals surface area contributed by atoms with Crippen molar-refractivity contribution in [2.45, 2.75) is 18.7 Å². The Bertz CT molecular complexity index is 884. The molecule has 2 N–H and O–H groups in total. The van der Waals surface area contributed by atoms with Crippen LogP contribution in [0, 0.1) is 13.8 Å². The molecule has 0 atom stereocenters. The van der Waals surface area contributed by atoms with Crippen molar-refractivity contribution >= 4 is 27.6 Å². The Kier molecular flexibility index (Phi) is 5.55. The minimum absolute atomic E-state index is 0.102. The standard InChI is InChI=1S/C15H17N3O6S/c1-9-14(10(2)24-18-9)25(21,22)16-8-13(19)17-12-7-5-4-6-11(12)15(20)23-3/h4-7,16H,8H2,1-3H3,(H,17,19). The quantitative estimate of drug-likeness (QED) is 0.729. The first kappa shape index (κ1) is 18.6. The zero-order chi connectivity index (χ0) is 18.6. The van der Waals surface area contributed by atoms with Gasteiger partial charge in [-0.25, -0.2) is 17.9 Å². The third-order valence-electron chi connectivity index (χ3n) is 3.27. The molecule has 1 heterocycles. The van der Waals surface area contributed by atoms with Crippen molar-refractivity contribution in [3.8, 4) is 0 Å². The van der Waals surface area contributed by atoms with E-state index in [1.54, 1.807) is 12.1 Å².